The highest BCUT2D eigenvalue weighted by molar-refractivity contribution is 5.83. The first-order chi connectivity index (χ1) is 11.7. The molecule has 9 nitrogen and oxygen atoms in total. The van der Waals surface area contributed by atoms with Crippen molar-refractivity contribution in [2.75, 3.05) is 23.8 Å². The normalized spacial score (nSPS) is 10.7. The van der Waals surface area contributed by atoms with E-state index in [2.05, 4.69) is 25.8 Å². The van der Waals surface area contributed by atoms with Crippen molar-refractivity contribution in [2.45, 2.75) is 6.42 Å². The Morgan fingerprint density at radius 1 is 1.29 bits per heavy atom. The molecular formula is C15H16N6O3. The molecule has 2 heterocycles. The van der Waals surface area contributed by atoms with Gasteiger partial charge in [-0.1, -0.05) is 0 Å². The van der Waals surface area contributed by atoms with Gasteiger partial charge in [0.2, 0.25) is 5.82 Å². The number of hydrogen-bond donors (Lipinski definition) is 4. The van der Waals surface area contributed by atoms with Crippen LogP contribution in [-0.4, -0.2) is 38.4 Å². The number of pyridine rings is 1. The fourth-order valence-corrected chi connectivity index (χ4v) is 2.24. The van der Waals surface area contributed by atoms with Crippen LogP contribution in [0.1, 0.15) is 6.42 Å². The van der Waals surface area contributed by atoms with Crippen LogP contribution >= 0.6 is 0 Å². The van der Waals surface area contributed by atoms with Gasteiger partial charge in [-0.25, -0.2) is 4.98 Å². The van der Waals surface area contributed by atoms with Gasteiger partial charge < -0.3 is 15.7 Å². The number of anilines is 3. The lowest BCUT2D eigenvalue weighted by atomic mass is 10.2. The van der Waals surface area contributed by atoms with Gasteiger partial charge in [-0.15, -0.1) is 0 Å². The molecule has 0 atom stereocenters. The second-order valence-corrected chi connectivity index (χ2v) is 5.12. The number of aliphatic hydroxyl groups is 1. The zero-order valence-corrected chi connectivity index (χ0v) is 12.7. The molecule has 2 aromatic heterocycles. The smallest absolute Gasteiger partial charge is 0.311 e. The average Bonchev–Trinajstić information content (AvgIpc) is 3.03. The van der Waals surface area contributed by atoms with Crippen molar-refractivity contribution in [3.8, 4) is 0 Å². The predicted molar refractivity (Wildman–Crippen MR) is 90.5 cm³/mol. The number of aromatic nitrogens is 3. The number of nitro groups is 1. The van der Waals surface area contributed by atoms with Gasteiger partial charge in [0.1, 0.15) is 5.82 Å². The molecule has 124 valence electrons. The molecule has 0 saturated heterocycles. The third kappa shape index (κ3) is 3.41. The number of H-pyrrole nitrogens is 1. The molecule has 0 aliphatic carbocycles. The summed E-state index contributed by atoms with van der Waals surface area (Å²) >= 11 is 0. The van der Waals surface area contributed by atoms with Crippen molar-refractivity contribution in [1.29, 1.82) is 0 Å². The fraction of sp³-hybridized carbons (Fsp3) is 0.200. The molecule has 0 radical (unpaired) electrons. The Hall–Kier alpha value is -3.20. The van der Waals surface area contributed by atoms with Crippen LogP contribution in [0.25, 0.3) is 10.9 Å². The average molecular weight is 328 g/mol. The standard InChI is InChI=1S/C15H16N6O3/c22-7-1-6-16-14-5-4-13(21(23)24)15(19-14)18-11-2-3-12-10(8-11)9-17-20-12/h2-5,8-9,22H,1,6-7H2,(H,17,20)(H2,16,18,19). The van der Waals surface area contributed by atoms with E-state index >= 15 is 0 Å². The summed E-state index contributed by atoms with van der Waals surface area (Å²) in [6, 6.07) is 8.39. The minimum absolute atomic E-state index is 0.0653. The number of fused-ring (bicyclic) bond motifs is 1. The summed E-state index contributed by atoms with van der Waals surface area (Å²) in [5.74, 6) is 0.651. The molecule has 4 N–H and O–H groups in total. The summed E-state index contributed by atoms with van der Waals surface area (Å²) in [4.78, 5) is 15.0. The van der Waals surface area contributed by atoms with Crippen molar-refractivity contribution in [1.82, 2.24) is 15.2 Å². The summed E-state index contributed by atoms with van der Waals surface area (Å²) in [5.41, 5.74) is 1.43. The lowest BCUT2D eigenvalue weighted by Gasteiger charge is -2.09. The number of rotatable bonds is 7. The van der Waals surface area contributed by atoms with Crippen molar-refractivity contribution in [3.05, 3.63) is 46.6 Å². The molecule has 24 heavy (non-hydrogen) atoms. The quantitative estimate of drug-likeness (QED) is 0.298. The van der Waals surface area contributed by atoms with E-state index in [1.54, 1.807) is 18.3 Å². The highest BCUT2D eigenvalue weighted by Gasteiger charge is 2.16. The number of nitrogens with zero attached hydrogens (tertiary/aromatic N) is 3. The molecule has 0 unspecified atom stereocenters. The Morgan fingerprint density at radius 2 is 2.17 bits per heavy atom. The van der Waals surface area contributed by atoms with Crippen molar-refractivity contribution >= 4 is 33.9 Å². The molecular weight excluding hydrogens is 312 g/mol. The first-order valence-electron chi connectivity index (χ1n) is 7.37. The van der Waals surface area contributed by atoms with Crippen molar-refractivity contribution in [2.24, 2.45) is 0 Å². The topological polar surface area (TPSA) is 129 Å². The van der Waals surface area contributed by atoms with Gasteiger partial charge in [0.25, 0.3) is 0 Å². The molecule has 0 spiro atoms. The van der Waals surface area contributed by atoms with E-state index in [-0.39, 0.29) is 18.1 Å². The molecule has 0 aliphatic rings. The van der Waals surface area contributed by atoms with E-state index in [9.17, 15) is 10.1 Å². The van der Waals surface area contributed by atoms with Gasteiger partial charge in [-0.05, 0) is 30.7 Å². The van der Waals surface area contributed by atoms with Gasteiger partial charge in [0.15, 0.2) is 0 Å². The van der Waals surface area contributed by atoms with E-state index in [0.717, 1.165) is 10.9 Å². The number of aliphatic hydroxyl groups excluding tert-OH is 1. The van der Waals surface area contributed by atoms with Crippen LogP contribution in [-0.2, 0) is 0 Å². The largest absolute Gasteiger partial charge is 0.396 e. The maximum absolute atomic E-state index is 11.2. The second kappa shape index (κ2) is 6.92. The Labute approximate surface area is 136 Å². The molecule has 9 heteroatoms. The van der Waals surface area contributed by atoms with Crippen LogP contribution < -0.4 is 10.6 Å². The molecule has 3 aromatic rings. The van der Waals surface area contributed by atoms with E-state index in [4.69, 9.17) is 5.11 Å². The lowest BCUT2D eigenvalue weighted by molar-refractivity contribution is -0.384. The van der Waals surface area contributed by atoms with Crippen LogP contribution in [0.5, 0.6) is 0 Å². The van der Waals surface area contributed by atoms with Gasteiger partial charge in [-0.2, -0.15) is 5.10 Å². The number of nitrogens with one attached hydrogen (secondary N) is 3. The predicted octanol–water partition coefficient (Wildman–Crippen LogP) is 2.40. The monoisotopic (exact) mass is 328 g/mol. The first kappa shape index (κ1) is 15.7. The van der Waals surface area contributed by atoms with Gasteiger partial charge in [0, 0.05) is 30.3 Å². The number of aromatic amines is 1. The highest BCUT2D eigenvalue weighted by Crippen LogP contribution is 2.28. The Balaban J connectivity index is 1.88. The molecule has 0 aliphatic heterocycles. The maximum atomic E-state index is 11.2. The van der Waals surface area contributed by atoms with Crippen molar-refractivity contribution in [3.63, 3.8) is 0 Å². The van der Waals surface area contributed by atoms with Crippen molar-refractivity contribution < 1.29 is 10.0 Å². The highest BCUT2D eigenvalue weighted by atomic mass is 16.6. The van der Waals surface area contributed by atoms with Crippen LogP contribution in [0.15, 0.2) is 36.5 Å². The Bertz CT molecular complexity index is 863. The maximum Gasteiger partial charge on any atom is 0.311 e. The molecule has 3 rings (SSSR count). The molecule has 0 saturated carbocycles. The van der Waals surface area contributed by atoms with E-state index in [1.165, 1.54) is 6.07 Å². The van der Waals surface area contributed by atoms with Gasteiger partial charge in [0.05, 0.1) is 16.6 Å². The van der Waals surface area contributed by atoms with E-state index < -0.39 is 4.92 Å². The summed E-state index contributed by atoms with van der Waals surface area (Å²) in [6.45, 7) is 0.595. The van der Waals surface area contributed by atoms with Gasteiger partial charge >= 0.3 is 5.69 Å². The minimum atomic E-state index is -0.483. The summed E-state index contributed by atoms with van der Waals surface area (Å²) in [6.07, 6.45) is 2.24. The first-order valence-corrected chi connectivity index (χ1v) is 7.37. The third-order valence-electron chi connectivity index (χ3n) is 3.41. The van der Waals surface area contributed by atoms with Crippen LogP contribution in [0.4, 0.5) is 23.0 Å². The van der Waals surface area contributed by atoms with E-state index in [0.29, 0.717) is 24.5 Å². The molecule has 0 fully saturated rings. The Morgan fingerprint density at radius 3 is 2.96 bits per heavy atom. The molecule has 1 aromatic carbocycles. The van der Waals surface area contributed by atoms with E-state index in [1.807, 2.05) is 12.1 Å². The third-order valence-corrected chi connectivity index (χ3v) is 3.41. The summed E-state index contributed by atoms with van der Waals surface area (Å²) in [7, 11) is 0. The SMILES string of the molecule is O=[N+]([O-])c1ccc(NCCCO)nc1Nc1ccc2[nH]ncc2c1. The van der Waals surface area contributed by atoms with Gasteiger partial charge in [-0.3, -0.25) is 15.2 Å². The number of benzene rings is 1. The second-order valence-electron chi connectivity index (χ2n) is 5.12. The Kier molecular flexibility index (Phi) is 4.52. The lowest BCUT2D eigenvalue weighted by Crippen LogP contribution is -2.07. The summed E-state index contributed by atoms with van der Waals surface area (Å²) in [5, 5.41) is 33.7. The van der Waals surface area contributed by atoms with Crippen LogP contribution in [0, 0.1) is 10.1 Å². The van der Waals surface area contributed by atoms with Crippen LogP contribution in [0.2, 0.25) is 0 Å². The molecule has 0 amide bonds. The number of hydrogen-bond acceptors (Lipinski definition) is 7. The zero-order valence-electron chi connectivity index (χ0n) is 12.7. The molecule has 0 bridgehead atoms. The minimum Gasteiger partial charge on any atom is -0.396 e. The zero-order chi connectivity index (χ0) is 16.9. The summed E-state index contributed by atoms with van der Waals surface area (Å²) < 4.78 is 0. The fourth-order valence-electron chi connectivity index (χ4n) is 2.24. The van der Waals surface area contributed by atoms with Crippen LogP contribution in [0.3, 0.4) is 0 Å².